The van der Waals surface area contributed by atoms with Gasteiger partial charge in [-0.25, -0.2) is 9.97 Å². The van der Waals surface area contributed by atoms with Gasteiger partial charge in [0.15, 0.2) is 5.69 Å². The van der Waals surface area contributed by atoms with E-state index < -0.39 is 0 Å². The zero-order valence-corrected chi connectivity index (χ0v) is 8.48. The van der Waals surface area contributed by atoms with Gasteiger partial charge in [-0.05, 0) is 13.0 Å². The lowest BCUT2D eigenvalue weighted by molar-refractivity contribution is 0.724. The summed E-state index contributed by atoms with van der Waals surface area (Å²) in [7, 11) is 0. The van der Waals surface area contributed by atoms with E-state index >= 15 is 0 Å². The number of nitriles is 1. The van der Waals surface area contributed by atoms with Crippen molar-refractivity contribution in [2.24, 2.45) is 0 Å². The number of nitrogens with one attached hydrogen (secondary N) is 1. The molecule has 1 aromatic heterocycles. The molecule has 1 aliphatic heterocycles. The van der Waals surface area contributed by atoms with Gasteiger partial charge in [-0.3, -0.25) is 0 Å². The summed E-state index contributed by atoms with van der Waals surface area (Å²) in [6.07, 6.45) is 4.30. The quantitative estimate of drug-likeness (QED) is 0.703. The second-order valence-electron chi connectivity index (χ2n) is 3.46. The fraction of sp³-hybridized carbons (Fsp3) is 0.500. The highest BCUT2D eigenvalue weighted by Gasteiger charge is 2.10. The minimum Gasteiger partial charge on any atom is -0.354 e. The van der Waals surface area contributed by atoms with Gasteiger partial charge in [0.05, 0.1) is 12.4 Å². The Morgan fingerprint density at radius 2 is 2.20 bits per heavy atom. The lowest BCUT2D eigenvalue weighted by atomic mass is 10.4. The van der Waals surface area contributed by atoms with E-state index in [2.05, 4.69) is 20.2 Å². The molecule has 1 N–H and O–H groups in total. The first-order valence-corrected chi connectivity index (χ1v) is 5.08. The second-order valence-corrected chi connectivity index (χ2v) is 3.46. The van der Waals surface area contributed by atoms with Crippen LogP contribution in [0.5, 0.6) is 0 Å². The fourth-order valence-electron chi connectivity index (χ4n) is 1.62. The number of aromatic nitrogens is 2. The zero-order valence-electron chi connectivity index (χ0n) is 8.48. The third kappa shape index (κ3) is 2.42. The molecular formula is C10H13N5. The van der Waals surface area contributed by atoms with Crippen molar-refractivity contribution in [2.75, 3.05) is 31.1 Å². The molecule has 0 amide bonds. The monoisotopic (exact) mass is 203 g/mol. The Morgan fingerprint density at radius 3 is 2.93 bits per heavy atom. The van der Waals surface area contributed by atoms with Crippen molar-refractivity contribution in [1.82, 2.24) is 15.3 Å². The van der Waals surface area contributed by atoms with Crippen LogP contribution in [0.25, 0.3) is 0 Å². The predicted molar refractivity (Wildman–Crippen MR) is 56.4 cm³/mol. The first-order valence-electron chi connectivity index (χ1n) is 5.08. The molecule has 15 heavy (non-hydrogen) atoms. The highest BCUT2D eigenvalue weighted by atomic mass is 15.2. The van der Waals surface area contributed by atoms with Gasteiger partial charge in [-0.2, -0.15) is 5.26 Å². The van der Waals surface area contributed by atoms with Gasteiger partial charge >= 0.3 is 0 Å². The van der Waals surface area contributed by atoms with Crippen LogP contribution in [0, 0.1) is 11.3 Å². The maximum absolute atomic E-state index is 8.61. The van der Waals surface area contributed by atoms with E-state index in [0.29, 0.717) is 5.69 Å². The molecule has 1 saturated heterocycles. The average Bonchev–Trinajstić information content (AvgIpc) is 2.58. The number of nitrogens with zero attached hydrogens (tertiary/aromatic N) is 4. The van der Waals surface area contributed by atoms with Crippen LogP contribution >= 0.6 is 0 Å². The molecule has 1 aliphatic rings. The van der Waals surface area contributed by atoms with Crippen LogP contribution in [0.2, 0.25) is 0 Å². The largest absolute Gasteiger partial charge is 0.354 e. The summed E-state index contributed by atoms with van der Waals surface area (Å²) in [4.78, 5) is 10.4. The van der Waals surface area contributed by atoms with E-state index in [9.17, 15) is 0 Å². The number of hydrogen-bond donors (Lipinski definition) is 1. The maximum Gasteiger partial charge on any atom is 0.158 e. The van der Waals surface area contributed by atoms with E-state index in [1.54, 1.807) is 6.20 Å². The molecule has 0 unspecified atom stereocenters. The molecule has 0 bridgehead atoms. The van der Waals surface area contributed by atoms with E-state index in [4.69, 9.17) is 5.26 Å². The Hall–Kier alpha value is -1.67. The maximum atomic E-state index is 8.61. The minimum atomic E-state index is 0.367. The molecule has 2 rings (SSSR count). The van der Waals surface area contributed by atoms with Gasteiger partial charge in [0, 0.05) is 19.6 Å². The highest BCUT2D eigenvalue weighted by molar-refractivity contribution is 5.37. The van der Waals surface area contributed by atoms with Crippen LogP contribution < -0.4 is 10.2 Å². The smallest absolute Gasteiger partial charge is 0.158 e. The summed E-state index contributed by atoms with van der Waals surface area (Å²) in [6, 6.07) is 1.96. The van der Waals surface area contributed by atoms with Crippen LogP contribution in [-0.2, 0) is 0 Å². The molecule has 0 aliphatic carbocycles. The van der Waals surface area contributed by atoms with Gasteiger partial charge in [0.1, 0.15) is 11.9 Å². The van der Waals surface area contributed by atoms with Crippen LogP contribution in [0.1, 0.15) is 12.1 Å². The molecule has 5 nitrogen and oxygen atoms in total. The van der Waals surface area contributed by atoms with E-state index in [1.165, 1.54) is 6.20 Å². The van der Waals surface area contributed by atoms with Gasteiger partial charge in [-0.1, -0.05) is 0 Å². The number of rotatable bonds is 1. The molecule has 2 heterocycles. The molecule has 0 aromatic carbocycles. The van der Waals surface area contributed by atoms with Crippen LogP contribution in [-0.4, -0.2) is 36.1 Å². The zero-order chi connectivity index (χ0) is 10.5. The standard InChI is InChI=1S/C10H13N5/c11-6-9-7-14-10(8-13-9)15-4-1-2-12-3-5-15/h7-8,12H,1-5H2. The van der Waals surface area contributed by atoms with Crippen molar-refractivity contribution in [1.29, 1.82) is 5.26 Å². The Balaban J connectivity index is 2.10. The molecule has 0 saturated carbocycles. The van der Waals surface area contributed by atoms with Gasteiger partial charge < -0.3 is 10.2 Å². The molecule has 0 spiro atoms. The lowest BCUT2D eigenvalue weighted by Crippen LogP contribution is -2.28. The van der Waals surface area contributed by atoms with Gasteiger partial charge in [0.2, 0.25) is 0 Å². The van der Waals surface area contributed by atoms with Gasteiger partial charge in [0.25, 0.3) is 0 Å². The van der Waals surface area contributed by atoms with E-state index in [0.717, 1.165) is 38.4 Å². The fourth-order valence-corrected chi connectivity index (χ4v) is 1.62. The van der Waals surface area contributed by atoms with Crippen molar-refractivity contribution < 1.29 is 0 Å². The highest BCUT2D eigenvalue weighted by Crippen LogP contribution is 2.09. The lowest BCUT2D eigenvalue weighted by Gasteiger charge is -2.20. The van der Waals surface area contributed by atoms with E-state index in [1.807, 2.05) is 6.07 Å². The molecule has 5 heteroatoms. The number of anilines is 1. The normalized spacial score (nSPS) is 16.9. The van der Waals surface area contributed by atoms with Gasteiger partial charge in [-0.15, -0.1) is 0 Å². The molecule has 78 valence electrons. The summed E-state index contributed by atoms with van der Waals surface area (Å²) >= 11 is 0. The third-order valence-corrected chi connectivity index (χ3v) is 2.42. The molecule has 0 atom stereocenters. The van der Waals surface area contributed by atoms with Crippen molar-refractivity contribution in [2.45, 2.75) is 6.42 Å². The van der Waals surface area contributed by atoms with E-state index in [-0.39, 0.29) is 0 Å². The average molecular weight is 203 g/mol. The number of hydrogen-bond acceptors (Lipinski definition) is 5. The molecule has 1 aromatic rings. The van der Waals surface area contributed by atoms with Crippen molar-refractivity contribution >= 4 is 5.82 Å². The predicted octanol–water partition coefficient (Wildman–Crippen LogP) is 0.148. The Labute approximate surface area is 88.8 Å². The summed E-state index contributed by atoms with van der Waals surface area (Å²) < 4.78 is 0. The molecule has 1 fully saturated rings. The first-order chi connectivity index (χ1) is 7.40. The Morgan fingerprint density at radius 1 is 1.27 bits per heavy atom. The summed E-state index contributed by atoms with van der Waals surface area (Å²) in [5.41, 5.74) is 0.367. The topological polar surface area (TPSA) is 64.8 Å². The van der Waals surface area contributed by atoms with Crippen LogP contribution in [0.15, 0.2) is 12.4 Å². The Bertz CT molecular complexity index is 345. The molecule has 0 radical (unpaired) electrons. The molecular weight excluding hydrogens is 190 g/mol. The third-order valence-electron chi connectivity index (χ3n) is 2.42. The van der Waals surface area contributed by atoms with Crippen molar-refractivity contribution in [3.05, 3.63) is 18.1 Å². The Kier molecular flexibility index (Phi) is 3.10. The van der Waals surface area contributed by atoms with Crippen LogP contribution in [0.3, 0.4) is 0 Å². The summed E-state index contributed by atoms with van der Waals surface area (Å²) in [5.74, 6) is 0.859. The SMILES string of the molecule is N#Cc1cnc(N2CCCNCC2)cn1. The van der Waals surface area contributed by atoms with Crippen LogP contribution in [0.4, 0.5) is 5.82 Å². The minimum absolute atomic E-state index is 0.367. The first kappa shape index (κ1) is 9.87. The summed E-state index contributed by atoms with van der Waals surface area (Å²) in [5, 5.41) is 11.9. The second kappa shape index (κ2) is 4.71. The van der Waals surface area contributed by atoms with Crippen molar-refractivity contribution in [3.8, 4) is 6.07 Å². The van der Waals surface area contributed by atoms with Crippen molar-refractivity contribution in [3.63, 3.8) is 0 Å². The summed E-state index contributed by atoms with van der Waals surface area (Å²) in [6.45, 7) is 3.97.